The van der Waals surface area contributed by atoms with E-state index in [0.29, 0.717) is 49.4 Å². The first-order chi connectivity index (χ1) is 19.7. The Bertz CT molecular complexity index is 1470. The Morgan fingerprint density at radius 3 is 2.39 bits per heavy atom. The molecule has 2 heterocycles. The van der Waals surface area contributed by atoms with Gasteiger partial charge >= 0.3 is 0 Å². The highest BCUT2D eigenvalue weighted by atomic mass is 19.3. The molecule has 1 aromatic carbocycles. The molecule has 216 valence electrons. The molecule has 3 aromatic rings. The van der Waals surface area contributed by atoms with Crippen LogP contribution in [-0.2, 0) is 10.2 Å². The second kappa shape index (κ2) is 8.67. The molecule has 10 rings (SSSR count). The van der Waals surface area contributed by atoms with E-state index in [2.05, 4.69) is 10.1 Å². The summed E-state index contributed by atoms with van der Waals surface area (Å²) in [6.07, 6.45) is 7.93. The third-order valence-electron chi connectivity index (χ3n) is 10.8. The molecule has 0 aliphatic heterocycles. The Hall–Kier alpha value is -3.17. The number of rotatable bonds is 9. The molecule has 7 aliphatic carbocycles. The molecule has 7 aliphatic rings. The lowest BCUT2D eigenvalue weighted by Gasteiger charge is -2.66. The van der Waals surface area contributed by atoms with Crippen LogP contribution >= 0.6 is 0 Å². The number of hydrogen-bond acceptors (Lipinski definition) is 6. The molecule has 0 unspecified atom stereocenters. The van der Waals surface area contributed by atoms with Gasteiger partial charge in [0.1, 0.15) is 17.6 Å². The molecule has 0 spiro atoms. The van der Waals surface area contributed by atoms with Gasteiger partial charge < -0.3 is 13.8 Å². The third-order valence-corrected chi connectivity index (χ3v) is 10.8. The van der Waals surface area contributed by atoms with Crippen LogP contribution < -0.4 is 4.90 Å². The maximum absolute atomic E-state index is 14.3. The number of carbonyl (C=O) groups excluding carboxylic acids is 1. The number of benzene rings is 1. The second-order valence-corrected chi connectivity index (χ2v) is 13.8. The second-order valence-electron chi connectivity index (χ2n) is 13.8. The van der Waals surface area contributed by atoms with Crippen LogP contribution in [0.15, 0.2) is 39.5 Å². The van der Waals surface area contributed by atoms with Crippen LogP contribution in [0.1, 0.15) is 107 Å². The van der Waals surface area contributed by atoms with Crippen molar-refractivity contribution in [1.29, 1.82) is 0 Å². The number of amides is 1. The minimum absolute atomic E-state index is 0.00710. The van der Waals surface area contributed by atoms with Gasteiger partial charge in [-0.15, -0.1) is 0 Å². The van der Waals surface area contributed by atoms with Gasteiger partial charge in [0.15, 0.2) is 5.82 Å². The van der Waals surface area contributed by atoms with Crippen LogP contribution in [0.3, 0.4) is 0 Å². The largest absolute Gasteiger partial charge is 0.444 e. The van der Waals surface area contributed by atoms with Crippen molar-refractivity contribution in [2.75, 3.05) is 11.4 Å². The van der Waals surface area contributed by atoms with E-state index in [4.69, 9.17) is 13.9 Å². The molecule has 2 aromatic heterocycles. The van der Waals surface area contributed by atoms with E-state index in [-0.39, 0.29) is 28.0 Å². The van der Waals surface area contributed by atoms with Crippen LogP contribution in [0.4, 0.5) is 18.9 Å². The highest BCUT2D eigenvalue weighted by Gasteiger charge is 2.69. The van der Waals surface area contributed by atoms with E-state index >= 15 is 0 Å². The molecular weight excluding hydrogens is 533 g/mol. The normalized spacial score (nSPS) is 33.5. The number of fused-ring (bicyclic) bond motifs is 3. The lowest BCUT2D eigenvalue weighted by molar-refractivity contribution is -0.215. The summed E-state index contributed by atoms with van der Waals surface area (Å²) in [5.74, 6) is 2.18. The molecule has 7 saturated carbocycles. The number of hydrogen-bond donors (Lipinski definition) is 0. The maximum Gasteiger partial charge on any atom is 0.283 e. The van der Waals surface area contributed by atoms with Gasteiger partial charge in [-0.25, -0.2) is 18.2 Å². The van der Waals surface area contributed by atoms with Crippen molar-refractivity contribution < 1.29 is 26.9 Å². The van der Waals surface area contributed by atoms with Gasteiger partial charge in [0.2, 0.25) is 17.7 Å². The number of carbonyl (C=O) groups is 1. The first kappa shape index (κ1) is 25.5. The smallest absolute Gasteiger partial charge is 0.283 e. The Labute approximate surface area is 235 Å². The summed E-state index contributed by atoms with van der Waals surface area (Å²) in [6, 6.07) is 7.21. The molecule has 0 radical (unpaired) electrons. The van der Waals surface area contributed by atoms with E-state index in [0.717, 1.165) is 69.3 Å². The molecule has 0 saturated heterocycles. The van der Waals surface area contributed by atoms with Crippen molar-refractivity contribution in [3.63, 3.8) is 0 Å². The maximum atomic E-state index is 14.3. The average molecular weight is 567 g/mol. The number of oxazole rings is 1. The summed E-state index contributed by atoms with van der Waals surface area (Å²) in [5.41, 5.74) is -0.606. The van der Waals surface area contributed by atoms with Gasteiger partial charge in [0, 0.05) is 35.5 Å². The first-order valence-corrected chi connectivity index (χ1v) is 14.8. The number of aromatic nitrogens is 3. The summed E-state index contributed by atoms with van der Waals surface area (Å²) in [4.78, 5) is 24.6. The molecule has 10 heteroatoms. The van der Waals surface area contributed by atoms with Gasteiger partial charge in [0.25, 0.3) is 6.43 Å². The van der Waals surface area contributed by atoms with E-state index in [9.17, 15) is 18.0 Å². The van der Waals surface area contributed by atoms with E-state index in [1.54, 1.807) is 18.2 Å². The highest BCUT2D eigenvalue weighted by Crippen LogP contribution is 2.71. The predicted octanol–water partition coefficient (Wildman–Crippen LogP) is 7.45. The van der Waals surface area contributed by atoms with Crippen molar-refractivity contribution in [2.45, 2.75) is 100 Å². The molecule has 7 fully saturated rings. The Balaban J connectivity index is 1.05. The minimum atomic E-state index is -2.73. The van der Waals surface area contributed by atoms with Gasteiger partial charge in [-0.3, -0.25) is 4.79 Å². The van der Waals surface area contributed by atoms with Gasteiger partial charge in [0.05, 0.1) is 0 Å². The van der Waals surface area contributed by atoms with Crippen LogP contribution in [0.2, 0.25) is 0 Å². The number of nitrogens with zero attached hydrogens (tertiary/aromatic N) is 4. The molecular formula is C31H33F3N4O3. The predicted molar refractivity (Wildman–Crippen MR) is 142 cm³/mol. The van der Waals surface area contributed by atoms with E-state index in [1.807, 2.05) is 11.0 Å². The zero-order valence-corrected chi connectivity index (χ0v) is 22.9. The molecule has 7 nitrogen and oxygen atoms in total. The molecule has 0 N–H and O–H groups in total. The standard InChI is InChI=1S/C31H33F3N4O3/c32-24(33)22-14-40-26(35-22)20-2-1-3-21(12-20)38(23(39)13-29-15-31(34,16-29)17-29)18-28-6-9-30(10-7-28,11-8-28)27-36-25(37-41-27)19-4-5-19/h1-3,12,14,19,24H,4-11,13,15-18H2. The van der Waals surface area contributed by atoms with Crippen LogP contribution in [0.5, 0.6) is 0 Å². The fourth-order valence-electron chi connectivity index (χ4n) is 8.23. The average Bonchev–Trinajstić information content (AvgIpc) is 3.44. The number of halogens is 3. The van der Waals surface area contributed by atoms with Crippen molar-refractivity contribution >= 4 is 11.6 Å². The first-order valence-electron chi connectivity index (χ1n) is 14.8. The molecule has 0 atom stereocenters. The zero-order chi connectivity index (χ0) is 28.0. The minimum Gasteiger partial charge on any atom is -0.444 e. The summed E-state index contributed by atoms with van der Waals surface area (Å²) in [6.45, 7) is 0.563. The molecule has 1 amide bonds. The fraction of sp³-hybridized carbons (Fsp3) is 0.613. The van der Waals surface area contributed by atoms with E-state index < -0.39 is 17.8 Å². The Morgan fingerprint density at radius 2 is 1.76 bits per heavy atom. The Kier molecular flexibility index (Phi) is 5.40. The van der Waals surface area contributed by atoms with Crippen molar-refractivity contribution in [1.82, 2.24) is 15.1 Å². The van der Waals surface area contributed by atoms with Crippen LogP contribution in [-0.4, -0.2) is 33.2 Å². The lowest BCUT2D eigenvalue weighted by atomic mass is 9.41. The SMILES string of the molecule is O=C(CC12CC(F)(C1)C2)N(CC12CCC(c3nc(C4CC4)no3)(CC1)CC2)c1cccc(-c2nc(C(F)F)co2)c1. The zero-order valence-electron chi connectivity index (χ0n) is 22.9. The van der Waals surface area contributed by atoms with Gasteiger partial charge in [-0.1, -0.05) is 11.2 Å². The van der Waals surface area contributed by atoms with Gasteiger partial charge in [-0.2, -0.15) is 4.98 Å². The Morgan fingerprint density at radius 1 is 1.02 bits per heavy atom. The summed E-state index contributed by atoms with van der Waals surface area (Å²) < 4.78 is 51.7. The topological polar surface area (TPSA) is 85.3 Å². The molecule has 41 heavy (non-hydrogen) atoms. The summed E-state index contributed by atoms with van der Waals surface area (Å²) in [7, 11) is 0. The van der Waals surface area contributed by atoms with Crippen LogP contribution in [0.25, 0.3) is 11.5 Å². The number of alkyl halides is 3. The van der Waals surface area contributed by atoms with Crippen LogP contribution in [0, 0.1) is 10.8 Å². The third kappa shape index (κ3) is 4.23. The monoisotopic (exact) mass is 566 g/mol. The van der Waals surface area contributed by atoms with Crippen molar-refractivity contribution in [3.05, 3.63) is 47.9 Å². The summed E-state index contributed by atoms with van der Waals surface area (Å²) >= 11 is 0. The fourth-order valence-corrected chi connectivity index (χ4v) is 8.23. The highest BCUT2D eigenvalue weighted by molar-refractivity contribution is 5.94. The quantitative estimate of drug-likeness (QED) is 0.268. The molecule has 4 bridgehead atoms. The summed E-state index contributed by atoms with van der Waals surface area (Å²) in [5, 5.41) is 4.27. The lowest BCUT2D eigenvalue weighted by Crippen LogP contribution is -2.65. The van der Waals surface area contributed by atoms with Crippen molar-refractivity contribution in [2.24, 2.45) is 10.8 Å². The number of anilines is 1. The van der Waals surface area contributed by atoms with Crippen molar-refractivity contribution in [3.8, 4) is 11.5 Å². The van der Waals surface area contributed by atoms with E-state index in [1.165, 1.54) is 0 Å². The van der Waals surface area contributed by atoms with Gasteiger partial charge in [-0.05, 0) is 99.7 Å².